The summed E-state index contributed by atoms with van der Waals surface area (Å²) >= 11 is 5.94. The summed E-state index contributed by atoms with van der Waals surface area (Å²) in [7, 11) is 0. The van der Waals surface area contributed by atoms with E-state index < -0.39 is 0 Å². The lowest BCUT2D eigenvalue weighted by Crippen LogP contribution is -1.87. The minimum atomic E-state index is 0.553. The van der Waals surface area contributed by atoms with Gasteiger partial charge in [-0.1, -0.05) is 22.8 Å². The molecule has 3 nitrogen and oxygen atoms in total. The number of rotatable bonds is 3. The van der Waals surface area contributed by atoms with Crippen molar-refractivity contribution in [1.82, 2.24) is 10.1 Å². The van der Waals surface area contributed by atoms with Gasteiger partial charge in [-0.15, -0.1) is 12.3 Å². The molecular formula is C13H11ClN2O. The van der Waals surface area contributed by atoms with Gasteiger partial charge in [-0.3, -0.25) is 0 Å². The van der Waals surface area contributed by atoms with E-state index in [0.29, 0.717) is 29.6 Å². The monoisotopic (exact) mass is 246 g/mol. The summed E-state index contributed by atoms with van der Waals surface area (Å²) in [5.74, 6) is 3.64. The van der Waals surface area contributed by atoms with Crippen LogP contribution in [0.5, 0.6) is 0 Å². The Hall–Kier alpha value is -1.79. The largest absolute Gasteiger partial charge is 0.339 e. The first-order chi connectivity index (χ1) is 8.20. The number of nitrogens with zero attached hydrogens (tertiary/aromatic N) is 2. The molecule has 0 bridgehead atoms. The van der Waals surface area contributed by atoms with Crippen molar-refractivity contribution in [2.24, 2.45) is 0 Å². The average Bonchev–Trinajstić information content (AvgIpc) is 2.78. The Morgan fingerprint density at radius 3 is 3.06 bits per heavy atom. The standard InChI is InChI=1S/C13H11ClN2O/c1-3-4-5-12-15-13(16-17-12)11-8-10(14)7-6-9(11)2/h1,6-8H,4-5H2,2H3. The maximum Gasteiger partial charge on any atom is 0.227 e. The van der Waals surface area contributed by atoms with Crippen LogP contribution in [0.2, 0.25) is 5.02 Å². The van der Waals surface area contributed by atoms with Crippen LogP contribution < -0.4 is 0 Å². The van der Waals surface area contributed by atoms with Gasteiger partial charge in [0.25, 0.3) is 0 Å². The maximum atomic E-state index is 5.94. The minimum absolute atomic E-state index is 0.553. The molecule has 1 aromatic heterocycles. The predicted molar refractivity (Wildman–Crippen MR) is 66.6 cm³/mol. The van der Waals surface area contributed by atoms with Crippen LogP contribution in [-0.4, -0.2) is 10.1 Å². The first-order valence-corrected chi connectivity index (χ1v) is 5.61. The second kappa shape index (κ2) is 5.03. The van der Waals surface area contributed by atoms with Gasteiger partial charge in [0.1, 0.15) is 0 Å². The predicted octanol–water partition coefficient (Wildman–Crippen LogP) is 3.26. The molecule has 2 aromatic rings. The molecule has 0 aliphatic rings. The smallest absolute Gasteiger partial charge is 0.227 e. The summed E-state index contributed by atoms with van der Waals surface area (Å²) in [6.45, 7) is 1.98. The van der Waals surface area contributed by atoms with Gasteiger partial charge < -0.3 is 4.52 Å². The van der Waals surface area contributed by atoms with Crippen LogP contribution in [0.1, 0.15) is 17.9 Å². The van der Waals surface area contributed by atoms with Gasteiger partial charge in [0.2, 0.25) is 11.7 Å². The fourth-order valence-electron chi connectivity index (χ4n) is 1.48. The van der Waals surface area contributed by atoms with E-state index in [1.165, 1.54) is 0 Å². The number of terminal acetylenes is 1. The second-order valence-electron chi connectivity index (χ2n) is 3.68. The molecule has 1 aromatic carbocycles. The lowest BCUT2D eigenvalue weighted by Gasteiger charge is -2.00. The third kappa shape index (κ3) is 2.66. The fourth-order valence-corrected chi connectivity index (χ4v) is 1.65. The third-order valence-corrected chi connectivity index (χ3v) is 2.63. The number of aryl methyl sites for hydroxylation is 2. The highest BCUT2D eigenvalue weighted by Crippen LogP contribution is 2.24. The van der Waals surface area contributed by atoms with Gasteiger partial charge in [-0.25, -0.2) is 0 Å². The zero-order valence-electron chi connectivity index (χ0n) is 9.40. The molecule has 2 rings (SSSR count). The van der Waals surface area contributed by atoms with Gasteiger partial charge in [-0.05, 0) is 24.6 Å². The molecule has 0 aliphatic heterocycles. The van der Waals surface area contributed by atoms with Crippen molar-refractivity contribution in [2.75, 3.05) is 0 Å². The van der Waals surface area contributed by atoms with Crippen LogP contribution in [0.15, 0.2) is 22.7 Å². The molecule has 0 aliphatic carbocycles. The molecule has 0 N–H and O–H groups in total. The van der Waals surface area contributed by atoms with E-state index in [-0.39, 0.29) is 0 Å². The molecule has 0 atom stereocenters. The van der Waals surface area contributed by atoms with Gasteiger partial charge >= 0.3 is 0 Å². The summed E-state index contributed by atoms with van der Waals surface area (Å²) in [5, 5.41) is 4.58. The van der Waals surface area contributed by atoms with E-state index in [4.69, 9.17) is 22.5 Å². The molecule has 1 heterocycles. The number of benzene rings is 1. The van der Waals surface area contributed by atoms with Crippen LogP contribution in [0.25, 0.3) is 11.4 Å². The summed E-state index contributed by atoms with van der Waals surface area (Å²) < 4.78 is 5.12. The lowest BCUT2D eigenvalue weighted by atomic mass is 10.1. The Labute approximate surface area is 105 Å². The molecule has 0 fully saturated rings. The van der Waals surface area contributed by atoms with E-state index in [1.54, 1.807) is 0 Å². The van der Waals surface area contributed by atoms with Gasteiger partial charge in [0.05, 0.1) is 0 Å². The molecule has 86 valence electrons. The maximum absolute atomic E-state index is 5.94. The SMILES string of the molecule is C#CCCc1nc(-c2cc(Cl)ccc2C)no1. The van der Waals surface area contributed by atoms with E-state index in [1.807, 2.05) is 25.1 Å². The van der Waals surface area contributed by atoms with Crippen molar-refractivity contribution in [3.8, 4) is 23.7 Å². The highest BCUT2D eigenvalue weighted by molar-refractivity contribution is 6.30. The Balaban J connectivity index is 2.30. The number of aromatic nitrogens is 2. The van der Waals surface area contributed by atoms with Gasteiger partial charge in [0.15, 0.2) is 0 Å². The molecule has 4 heteroatoms. The highest BCUT2D eigenvalue weighted by atomic mass is 35.5. The number of hydrogen-bond donors (Lipinski definition) is 0. The van der Waals surface area contributed by atoms with E-state index in [9.17, 15) is 0 Å². The highest BCUT2D eigenvalue weighted by Gasteiger charge is 2.10. The van der Waals surface area contributed by atoms with E-state index in [0.717, 1.165) is 11.1 Å². The van der Waals surface area contributed by atoms with Crippen LogP contribution in [0.3, 0.4) is 0 Å². The molecule has 0 saturated heterocycles. The quantitative estimate of drug-likeness (QED) is 0.781. The first-order valence-electron chi connectivity index (χ1n) is 5.23. The summed E-state index contributed by atoms with van der Waals surface area (Å²) in [6.07, 6.45) is 6.37. The zero-order chi connectivity index (χ0) is 12.3. The van der Waals surface area contributed by atoms with Crippen molar-refractivity contribution < 1.29 is 4.52 Å². The number of halogens is 1. The average molecular weight is 247 g/mol. The zero-order valence-corrected chi connectivity index (χ0v) is 10.2. The summed E-state index contributed by atoms with van der Waals surface area (Å²) in [5.41, 5.74) is 1.94. The van der Waals surface area contributed by atoms with Crippen LogP contribution in [0, 0.1) is 19.3 Å². The normalized spacial score (nSPS) is 10.2. The van der Waals surface area contributed by atoms with Crippen LogP contribution in [0.4, 0.5) is 0 Å². The van der Waals surface area contributed by atoms with E-state index >= 15 is 0 Å². The topological polar surface area (TPSA) is 38.9 Å². The van der Waals surface area contributed by atoms with Crippen LogP contribution in [-0.2, 0) is 6.42 Å². The Bertz CT molecular complexity index is 569. The summed E-state index contributed by atoms with van der Waals surface area (Å²) in [6, 6.07) is 5.58. The molecular weight excluding hydrogens is 236 g/mol. The third-order valence-electron chi connectivity index (χ3n) is 2.39. The summed E-state index contributed by atoms with van der Waals surface area (Å²) in [4.78, 5) is 4.29. The first kappa shape index (κ1) is 11.7. The van der Waals surface area contributed by atoms with Crippen molar-refractivity contribution in [2.45, 2.75) is 19.8 Å². The molecule has 0 spiro atoms. The van der Waals surface area contributed by atoms with Gasteiger partial charge in [0, 0.05) is 23.4 Å². The molecule has 0 unspecified atom stereocenters. The lowest BCUT2D eigenvalue weighted by molar-refractivity contribution is 0.380. The fraction of sp³-hybridized carbons (Fsp3) is 0.231. The number of hydrogen-bond acceptors (Lipinski definition) is 3. The van der Waals surface area contributed by atoms with E-state index in [2.05, 4.69) is 16.1 Å². The van der Waals surface area contributed by atoms with Crippen molar-refractivity contribution in [3.63, 3.8) is 0 Å². The van der Waals surface area contributed by atoms with Crippen molar-refractivity contribution in [1.29, 1.82) is 0 Å². The molecule has 0 radical (unpaired) electrons. The molecule has 0 saturated carbocycles. The Morgan fingerprint density at radius 2 is 2.29 bits per heavy atom. The molecule has 17 heavy (non-hydrogen) atoms. The van der Waals surface area contributed by atoms with Crippen molar-refractivity contribution >= 4 is 11.6 Å². The Kier molecular flexibility index (Phi) is 3.46. The Morgan fingerprint density at radius 1 is 1.47 bits per heavy atom. The van der Waals surface area contributed by atoms with Crippen molar-refractivity contribution in [3.05, 3.63) is 34.7 Å². The minimum Gasteiger partial charge on any atom is -0.339 e. The molecule has 0 amide bonds. The second-order valence-corrected chi connectivity index (χ2v) is 4.11. The van der Waals surface area contributed by atoms with Gasteiger partial charge in [-0.2, -0.15) is 4.98 Å². The van der Waals surface area contributed by atoms with Crippen LogP contribution >= 0.6 is 11.6 Å².